The van der Waals surface area contributed by atoms with Crippen LogP contribution in [0.25, 0.3) is 0 Å². The Bertz CT molecular complexity index is 456. The molecule has 19 heavy (non-hydrogen) atoms. The number of rotatable bonds is 5. The lowest BCUT2D eigenvalue weighted by Gasteiger charge is -2.17. The quantitative estimate of drug-likeness (QED) is 0.747. The lowest BCUT2D eigenvalue weighted by molar-refractivity contribution is 0.556. The highest BCUT2D eigenvalue weighted by Gasteiger charge is 2.09. The molecule has 2 rings (SSSR count). The van der Waals surface area contributed by atoms with Gasteiger partial charge in [-0.3, -0.25) is 0 Å². The van der Waals surface area contributed by atoms with E-state index in [1.165, 1.54) is 31.7 Å². The van der Waals surface area contributed by atoms with Crippen molar-refractivity contribution in [3.05, 3.63) is 46.3 Å². The van der Waals surface area contributed by atoms with Crippen molar-refractivity contribution in [1.82, 2.24) is 5.32 Å². The van der Waals surface area contributed by atoms with E-state index in [-0.39, 0.29) is 16.9 Å². The fraction of sp³-hybridized carbons (Fsp3) is 0.500. The maximum absolute atomic E-state index is 13.4. The molecule has 1 aromatic rings. The van der Waals surface area contributed by atoms with Gasteiger partial charge in [-0.05, 0) is 63.3 Å². The first kappa shape index (κ1) is 14.5. The molecule has 3 heteroatoms. The Morgan fingerprint density at radius 2 is 2.21 bits per heavy atom. The van der Waals surface area contributed by atoms with Crippen molar-refractivity contribution in [3.8, 4) is 0 Å². The first-order valence-corrected chi connectivity index (χ1v) is 7.41. The van der Waals surface area contributed by atoms with Gasteiger partial charge in [-0.1, -0.05) is 29.3 Å². The van der Waals surface area contributed by atoms with Gasteiger partial charge in [0, 0.05) is 6.04 Å². The molecule has 104 valence electrons. The molecule has 1 aromatic carbocycles. The normalized spacial score (nSPS) is 17.1. The number of nitrogens with one attached hydrogen (secondary N) is 1. The van der Waals surface area contributed by atoms with Gasteiger partial charge in [0.2, 0.25) is 0 Å². The van der Waals surface area contributed by atoms with Gasteiger partial charge >= 0.3 is 0 Å². The largest absolute Gasteiger partial charge is 0.310 e. The van der Waals surface area contributed by atoms with Crippen molar-refractivity contribution >= 4 is 11.6 Å². The van der Waals surface area contributed by atoms with E-state index in [1.807, 2.05) is 6.07 Å². The highest BCUT2D eigenvalue weighted by atomic mass is 35.5. The molecule has 1 aliphatic rings. The molecule has 1 aliphatic carbocycles. The fourth-order valence-corrected chi connectivity index (χ4v) is 2.60. The smallest absolute Gasteiger partial charge is 0.142 e. The number of benzene rings is 1. The van der Waals surface area contributed by atoms with Crippen molar-refractivity contribution in [2.75, 3.05) is 6.54 Å². The zero-order valence-corrected chi connectivity index (χ0v) is 12.1. The topological polar surface area (TPSA) is 12.0 Å². The van der Waals surface area contributed by atoms with Crippen molar-refractivity contribution in [3.63, 3.8) is 0 Å². The summed E-state index contributed by atoms with van der Waals surface area (Å²) in [5.74, 6) is -0.345. The first-order valence-electron chi connectivity index (χ1n) is 7.03. The molecule has 0 radical (unpaired) electrons. The van der Waals surface area contributed by atoms with Gasteiger partial charge in [0.25, 0.3) is 0 Å². The maximum atomic E-state index is 13.4. The Labute approximate surface area is 119 Å². The minimum Gasteiger partial charge on any atom is -0.310 e. The third-order valence-electron chi connectivity index (χ3n) is 3.73. The Balaban J connectivity index is 1.81. The van der Waals surface area contributed by atoms with E-state index in [1.54, 1.807) is 11.6 Å². The molecule has 1 nitrogen and oxygen atoms in total. The zero-order chi connectivity index (χ0) is 13.7. The summed E-state index contributed by atoms with van der Waals surface area (Å²) >= 11 is 5.69. The van der Waals surface area contributed by atoms with Crippen molar-refractivity contribution < 1.29 is 4.39 Å². The number of hydrogen-bond acceptors (Lipinski definition) is 1. The van der Waals surface area contributed by atoms with Gasteiger partial charge in [-0.15, -0.1) is 0 Å². The zero-order valence-electron chi connectivity index (χ0n) is 11.4. The van der Waals surface area contributed by atoms with Crippen LogP contribution in [0, 0.1) is 5.82 Å². The summed E-state index contributed by atoms with van der Waals surface area (Å²) < 4.78 is 13.4. The number of halogens is 2. The van der Waals surface area contributed by atoms with E-state index in [4.69, 9.17) is 11.6 Å². The first-order chi connectivity index (χ1) is 9.16. The van der Waals surface area contributed by atoms with Crippen LogP contribution in [0.1, 0.15) is 50.6 Å². The Morgan fingerprint density at radius 3 is 2.89 bits per heavy atom. The van der Waals surface area contributed by atoms with Crippen molar-refractivity contribution in [2.45, 2.75) is 45.1 Å². The molecule has 0 saturated heterocycles. The van der Waals surface area contributed by atoms with Crippen LogP contribution in [0.3, 0.4) is 0 Å². The van der Waals surface area contributed by atoms with E-state index < -0.39 is 0 Å². The van der Waals surface area contributed by atoms with Gasteiger partial charge < -0.3 is 5.32 Å². The molecule has 0 fully saturated rings. The second-order valence-electron chi connectivity index (χ2n) is 5.21. The van der Waals surface area contributed by atoms with Crippen LogP contribution in [0.4, 0.5) is 4.39 Å². The van der Waals surface area contributed by atoms with Gasteiger partial charge in [0.05, 0.1) is 5.02 Å². The van der Waals surface area contributed by atoms with Crippen LogP contribution < -0.4 is 5.32 Å². The number of allylic oxidation sites excluding steroid dienone is 1. The minimum absolute atomic E-state index is 0.149. The van der Waals surface area contributed by atoms with Crippen LogP contribution in [0.15, 0.2) is 29.8 Å². The highest BCUT2D eigenvalue weighted by Crippen LogP contribution is 2.22. The second kappa shape index (κ2) is 7.06. The SMILES string of the molecule is CC(NCCC1=CCCCC1)c1ccc(Cl)c(F)c1. The van der Waals surface area contributed by atoms with E-state index >= 15 is 0 Å². The summed E-state index contributed by atoms with van der Waals surface area (Å²) in [4.78, 5) is 0. The lowest BCUT2D eigenvalue weighted by atomic mass is 9.97. The van der Waals surface area contributed by atoms with Crippen molar-refractivity contribution in [1.29, 1.82) is 0 Å². The summed E-state index contributed by atoms with van der Waals surface area (Å²) in [6.07, 6.45) is 8.60. The summed E-state index contributed by atoms with van der Waals surface area (Å²) in [5.41, 5.74) is 2.51. The molecule has 1 atom stereocenters. The Kier molecular flexibility index (Phi) is 5.41. The molecule has 1 N–H and O–H groups in total. The summed E-state index contributed by atoms with van der Waals surface area (Å²) in [6, 6.07) is 5.16. The molecular formula is C16H21ClFN. The predicted molar refractivity (Wildman–Crippen MR) is 79.0 cm³/mol. The maximum Gasteiger partial charge on any atom is 0.142 e. The highest BCUT2D eigenvalue weighted by molar-refractivity contribution is 6.30. The molecule has 0 spiro atoms. The number of hydrogen-bond donors (Lipinski definition) is 1. The van der Waals surface area contributed by atoms with E-state index in [2.05, 4.69) is 18.3 Å². The standard InChI is InChI=1S/C16H21ClFN/c1-12(14-7-8-15(17)16(18)11-14)19-10-9-13-5-3-2-4-6-13/h5,7-8,11-12,19H,2-4,6,9-10H2,1H3. The molecule has 0 aromatic heterocycles. The van der Waals surface area contributed by atoms with E-state index in [9.17, 15) is 4.39 Å². The third kappa shape index (κ3) is 4.32. The predicted octanol–water partition coefficient (Wildman–Crippen LogP) is 5.02. The van der Waals surface area contributed by atoms with Crippen LogP contribution >= 0.6 is 11.6 Å². The summed E-state index contributed by atoms with van der Waals surface area (Å²) in [7, 11) is 0. The Hall–Kier alpha value is -0.860. The summed E-state index contributed by atoms with van der Waals surface area (Å²) in [5, 5.41) is 3.63. The second-order valence-corrected chi connectivity index (χ2v) is 5.61. The molecule has 0 amide bonds. The van der Waals surface area contributed by atoms with Gasteiger partial charge in [-0.25, -0.2) is 4.39 Å². The van der Waals surface area contributed by atoms with Crippen LogP contribution in [0.5, 0.6) is 0 Å². The molecule has 0 aliphatic heterocycles. The molecule has 1 unspecified atom stereocenters. The average Bonchev–Trinajstić information content (AvgIpc) is 2.43. The molecular weight excluding hydrogens is 261 g/mol. The van der Waals surface area contributed by atoms with Crippen molar-refractivity contribution in [2.24, 2.45) is 0 Å². The van der Waals surface area contributed by atoms with Gasteiger partial charge in [-0.2, -0.15) is 0 Å². The van der Waals surface area contributed by atoms with Crippen LogP contribution in [0.2, 0.25) is 5.02 Å². The van der Waals surface area contributed by atoms with Gasteiger partial charge in [0.15, 0.2) is 0 Å². The van der Waals surface area contributed by atoms with E-state index in [0.29, 0.717) is 0 Å². The molecule has 0 saturated carbocycles. The van der Waals surface area contributed by atoms with E-state index in [0.717, 1.165) is 18.5 Å². The van der Waals surface area contributed by atoms with Crippen LogP contribution in [-0.2, 0) is 0 Å². The Morgan fingerprint density at radius 1 is 1.37 bits per heavy atom. The fourth-order valence-electron chi connectivity index (χ4n) is 2.48. The lowest BCUT2D eigenvalue weighted by Crippen LogP contribution is -2.20. The molecule has 0 bridgehead atoms. The van der Waals surface area contributed by atoms with Crippen LogP contribution in [-0.4, -0.2) is 6.54 Å². The monoisotopic (exact) mass is 281 g/mol. The minimum atomic E-state index is -0.345. The third-order valence-corrected chi connectivity index (χ3v) is 4.03. The van der Waals surface area contributed by atoms with Gasteiger partial charge in [0.1, 0.15) is 5.82 Å². The average molecular weight is 282 g/mol. The summed E-state index contributed by atoms with van der Waals surface area (Å²) in [6.45, 7) is 3.00. The molecule has 0 heterocycles.